The zero-order chi connectivity index (χ0) is 28.6. The van der Waals surface area contributed by atoms with Crippen LogP contribution in [0.1, 0.15) is 38.7 Å². The number of anilines is 3. The van der Waals surface area contributed by atoms with Crippen molar-refractivity contribution in [1.29, 1.82) is 0 Å². The highest BCUT2D eigenvalue weighted by atomic mass is 16.5. The van der Waals surface area contributed by atoms with Crippen LogP contribution in [0.2, 0.25) is 0 Å². The first kappa shape index (κ1) is 31.1. The van der Waals surface area contributed by atoms with Crippen molar-refractivity contribution in [3.63, 3.8) is 0 Å². The molecule has 1 heterocycles. The van der Waals surface area contributed by atoms with Gasteiger partial charge < -0.3 is 30.5 Å². The molecule has 0 fully saturated rings. The van der Waals surface area contributed by atoms with Crippen LogP contribution in [0.25, 0.3) is 0 Å². The number of benzene rings is 1. The van der Waals surface area contributed by atoms with Gasteiger partial charge in [0.2, 0.25) is 17.8 Å². The van der Waals surface area contributed by atoms with E-state index in [9.17, 15) is 9.59 Å². The summed E-state index contributed by atoms with van der Waals surface area (Å²) in [5, 5.41) is 9.39. The molecule has 2 rings (SSSR count). The maximum Gasteiger partial charge on any atom is 0.246 e. The van der Waals surface area contributed by atoms with Gasteiger partial charge in [-0.05, 0) is 58.1 Å². The molecule has 0 radical (unpaired) electrons. The number of amides is 2. The minimum Gasteiger partial charge on any atom is -0.497 e. The standard InChI is InChI=1S/C29H41N7O3/c1-7-18-31-29-32-21-23(27(34-29)33-24-14-16-25(39-6)17-15-24)12-9-8-10-19-30-28(38)22(2)36(5)26(37)13-11-20-35(3)4/h11,13-17,21-22H,7-8,10,18-20H2,1-6H3,(H,30,38)(H2,31,32,33,34)/b13-11+/t22-/m0/s1. The smallest absolute Gasteiger partial charge is 0.246 e. The molecular formula is C29H41N7O3. The molecule has 0 unspecified atom stereocenters. The number of rotatable bonds is 14. The van der Waals surface area contributed by atoms with Gasteiger partial charge in [0.1, 0.15) is 11.8 Å². The third kappa shape index (κ3) is 11.0. The number of nitrogens with zero attached hydrogens (tertiary/aromatic N) is 4. The van der Waals surface area contributed by atoms with E-state index in [2.05, 4.69) is 44.7 Å². The van der Waals surface area contributed by atoms with Gasteiger partial charge >= 0.3 is 0 Å². The number of unbranched alkanes of at least 4 members (excludes halogenated alkanes) is 1. The molecule has 0 aliphatic carbocycles. The van der Waals surface area contributed by atoms with Crippen molar-refractivity contribution in [2.45, 2.75) is 39.2 Å². The molecule has 1 aromatic heterocycles. The number of likely N-dealkylation sites (N-methyl/N-ethyl adjacent to an activating group) is 2. The van der Waals surface area contributed by atoms with Crippen molar-refractivity contribution in [1.82, 2.24) is 25.1 Å². The molecule has 0 saturated carbocycles. The molecule has 2 aromatic rings. The topological polar surface area (TPSA) is 112 Å². The second kappa shape index (κ2) is 16.7. The van der Waals surface area contributed by atoms with Crippen molar-refractivity contribution in [3.8, 4) is 17.6 Å². The Labute approximate surface area is 232 Å². The molecule has 1 atom stereocenters. The van der Waals surface area contributed by atoms with E-state index in [1.165, 1.54) is 11.0 Å². The average Bonchev–Trinajstić information content (AvgIpc) is 2.93. The molecule has 39 heavy (non-hydrogen) atoms. The lowest BCUT2D eigenvalue weighted by molar-refractivity contribution is -0.135. The van der Waals surface area contributed by atoms with Gasteiger partial charge in [-0.2, -0.15) is 4.98 Å². The summed E-state index contributed by atoms with van der Waals surface area (Å²) < 4.78 is 5.23. The normalized spacial score (nSPS) is 11.5. The maximum atomic E-state index is 12.5. The largest absolute Gasteiger partial charge is 0.497 e. The number of aromatic nitrogens is 2. The Kier molecular flexibility index (Phi) is 13.3. The van der Waals surface area contributed by atoms with Crippen molar-refractivity contribution < 1.29 is 14.3 Å². The number of hydrogen-bond acceptors (Lipinski definition) is 8. The zero-order valence-corrected chi connectivity index (χ0v) is 23.9. The summed E-state index contributed by atoms with van der Waals surface area (Å²) in [5.41, 5.74) is 1.53. The highest BCUT2D eigenvalue weighted by Crippen LogP contribution is 2.21. The Morgan fingerprint density at radius 1 is 1.15 bits per heavy atom. The number of carbonyl (C=O) groups excluding carboxylic acids is 2. The van der Waals surface area contributed by atoms with Crippen LogP contribution in [-0.2, 0) is 9.59 Å². The fourth-order valence-electron chi connectivity index (χ4n) is 3.24. The van der Waals surface area contributed by atoms with Crippen molar-refractivity contribution >= 4 is 29.3 Å². The molecule has 0 saturated heterocycles. The van der Waals surface area contributed by atoms with Gasteiger partial charge in [-0.25, -0.2) is 4.98 Å². The molecule has 10 nitrogen and oxygen atoms in total. The number of ether oxygens (including phenoxy) is 1. The summed E-state index contributed by atoms with van der Waals surface area (Å²) in [4.78, 5) is 37.1. The quantitative estimate of drug-likeness (QED) is 0.192. The Morgan fingerprint density at radius 3 is 2.56 bits per heavy atom. The number of hydrogen-bond donors (Lipinski definition) is 3. The maximum absolute atomic E-state index is 12.5. The molecule has 0 aliphatic rings. The van der Waals surface area contributed by atoms with E-state index < -0.39 is 6.04 Å². The van der Waals surface area contributed by atoms with Gasteiger partial charge in [-0.15, -0.1) is 0 Å². The lowest BCUT2D eigenvalue weighted by Gasteiger charge is -2.23. The van der Waals surface area contributed by atoms with Gasteiger partial charge in [0.05, 0.1) is 18.9 Å². The summed E-state index contributed by atoms with van der Waals surface area (Å²) in [6, 6.07) is 6.99. The minimum atomic E-state index is -0.573. The van der Waals surface area contributed by atoms with Gasteiger partial charge in [0.15, 0.2) is 5.82 Å². The minimum absolute atomic E-state index is 0.200. The summed E-state index contributed by atoms with van der Waals surface area (Å²) in [6.45, 7) is 5.68. The zero-order valence-electron chi connectivity index (χ0n) is 23.9. The first-order chi connectivity index (χ1) is 18.7. The molecular weight excluding hydrogens is 494 g/mol. The number of carbonyl (C=O) groups is 2. The summed E-state index contributed by atoms with van der Waals surface area (Å²) in [6.07, 6.45) is 7.18. The monoisotopic (exact) mass is 535 g/mol. The van der Waals surface area contributed by atoms with E-state index in [1.54, 1.807) is 33.4 Å². The highest BCUT2D eigenvalue weighted by Gasteiger charge is 2.20. The van der Waals surface area contributed by atoms with E-state index >= 15 is 0 Å². The van der Waals surface area contributed by atoms with Gasteiger partial charge in [-0.3, -0.25) is 9.59 Å². The van der Waals surface area contributed by atoms with Crippen LogP contribution in [0.3, 0.4) is 0 Å². The van der Waals surface area contributed by atoms with Gasteiger partial charge in [0, 0.05) is 44.9 Å². The van der Waals surface area contributed by atoms with Gasteiger partial charge in [0.25, 0.3) is 0 Å². The third-order valence-electron chi connectivity index (χ3n) is 5.71. The van der Waals surface area contributed by atoms with E-state index in [-0.39, 0.29) is 11.8 Å². The lowest BCUT2D eigenvalue weighted by Crippen LogP contribution is -2.45. The Bertz CT molecular complexity index is 1150. The lowest BCUT2D eigenvalue weighted by atomic mass is 10.2. The average molecular weight is 536 g/mol. The molecule has 2 amide bonds. The molecule has 3 N–H and O–H groups in total. The highest BCUT2D eigenvalue weighted by molar-refractivity contribution is 5.92. The van der Waals surface area contributed by atoms with Crippen LogP contribution in [0, 0.1) is 11.8 Å². The van der Waals surface area contributed by atoms with Crippen LogP contribution >= 0.6 is 0 Å². The van der Waals surface area contributed by atoms with Gasteiger partial charge in [-0.1, -0.05) is 24.8 Å². The first-order valence-corrected chi connectivity index (χ1v) is 13.1. The van der Waals surface area contributed by atoms with Crippen LogP contribution in [0.4, 0.5) is 17.5 Å². The van der Waals surface area contributed by atoms with E-state index in [0.29, 0.717) is 43.3 Å². The number of methoxy groups -OCH3 is 1. The first-order valence-electron chi connectivity index (χ1n) is 13.1. The van der Waals surface area contributed by atoms with Crippen molar-refractivity contribution in [2.24, 2.45) is 0 Å². The molecule has 0 bridgehead atoms. The van der Waals surface area contributed by atoms with E-state index in [1.807, 2.05) is 43.3 Å². The molecule has 0 aliphatic heterocycles. The van der Waals surface area contributed by atoms with E-state index in [4.69, 9.17) is 4.74 Å². The Balaban J connectivity index is 1.92. The second-order valence-electron chi connectivity index (χ2n) is 9.22. The second-order valence-corrected chi connectivity index (χ2v) is 9.22. The van der Waals surface area contributed by atoms with Crippen LogP contribution in [0.5, 0.6) is 5.75 Å². The summed E-state index contributed by atoms with van der Waals surface area (Å²) in [7, 11) is 7.10. The van der Waals surface area contributed by atoms with Crippen molar-refractivity contribution in [3.05, 3.63) is 48.2 Å². The fourth-order valence-corrected chi connectivity index (χ4v) is 3.24. The fraction of sp³-hybridized carbons (Fsp3) is 0.448. The summed E-state index contributed by atoms with van der Waals surface area (Å²) >= 11 is 0. The summed E-state index contributed by atoms with van der Waals surface area (Å²) in [5.74, 6) is 7.79. The molecule has 10 heteroatoms. The number of nitrogens with one attached hydrogen (secondary N) is 3. The van der Waals surface area contributed by atoms with Crippen molar-refractivity contribution in [2.75, 3.05) is 58.5 Å². The van der Waals surface area contributed by atoms with E-state index in [0.717, 1.165) is 24.4 Å². The van der Waals surface area contributed by atoms with Crippen LogP contribution in [-0.4, -0.2) is 85.5 Å². The molecule has 0 spiro atoms. The third-order valence-corrected chi connectivity index (χ3v) is 5.71. The molecule has 1 aromatic carbocycles. The van der Waals surface area contributed by atoms with Crippen LogP contribution < -0.4 is 20.7 Å². The van der Waals surface area contributed by atoms with Crippen LogP contribution in [0.15, 0.2) is 42.6 Å². The Morgan fingerprint density at radius 2 is 1.90 bits per heavy atom. The molecule has 210 valence electrons. The predicted molar refractivity (Wildman–Crippen MR) is 156 cm³/mol. The SMILES string of the molecule is CCCNc1ncc(C#CCCCNC(=O)[C@H](C)N(C)C(=O)/C=C/CN(C)C)c(Nc2ccc(OC)cc2)n1. The predicted octanol–water partition coefficient (Wildman–Crippen LogP) is 3.26. The Hall–Kier alpha value is -4.10.